The highest BCUT2D eigenvalue weighted by atomic mass is 31.2. The predicted octanol–water partition coefficient (Wildman–Crippen LogP) is 3.35. The van der Waals surface area contributed by atoms with Crippen molar-refractivity contribution in [2.45, 2.75) is 77.4 Å². The van der Waals surface area contributed by atoms with Crippen LogP contribution in [-0.4, -0.2) is 31.8 Å². The molecular weight excluding hydrogens is 370 g/mol. The molecule has 25 heavy (non-hydrogen) atoms. The van der Waals surface area contributed by atoms with Crippen molar-refractivity contribution in [1.29, 1.82) is 0 Å². The van der Waals surface area contributed by atoms with E-state index in [-0.39, 0.29) is 17.6 Å². The van der Waals surface area contributed by atoms with Crippen molar-refractivity contribution in [3.63, 3.8) is 0 Å². The normalized spacial score (nSPS) is 32.6. The summed E-state index contributed by atoms with van der Waals surface area (Å²) in [7, 11) is -8.85. The van der Waals surface area contributed by atoms with E-state index in [9.17, 15) is 9.13 Å². The summed E-state index contributed by atoms with van der Waals surface area (Å²) in [5, 5.41) is 0. The van der Waals surface area contributed by atoms with Gasteiger partial charge in [0.05, 0.1) is 12.2 Å². The fraction of sp³-hybridized carbons (Fsp3) is 1.00. The molecular formula is C15H30O8P2. The van der Waals surface area contributed by atoms with Crippen LogP contribution in [0.2, 0.25) is 0 Å². The summed E-state index contributed by atoms with van der Waals surface area (Å²) in [6.07, 6.45) is 5.33. The molecule has 0 amide bonds. The lowest BCUT2D eigenvalue weighted by atomic mass is 9.60. The van der Waals surface area contributed by atoms with E-state index in [1.165, 1.54) is 0 Å². The molecule has 0 spiro atoms. The fourth-order valence-corrected chi connectivity index (χ4v) is 5.74. The van der Waals surface area contributed by atoms with Gasteiger partial charge in [-0.2, -0.15) is 0 Å². The van der Waals surface area contributed by atoms with E-state index in [1.54, 1.807) is 0 Å². The Morgan fingerprint density at radius 1 is 0.680 bits per heavy atom. The van der Waals surface area contributed by atoms with Crippen molar-refractivity contribution in [3.05, 3.63) is 0 Å². The number of hydrogen-bond acceptors (Lipinski definition) is 4. The largest absolute Gasteiger partial charge is 0.469 e. The third-order valence-electron chi connectivity index (χ3n) is 6.03. The van der Waals surface area contributed by atoms with Crippen LogP contribution in [0.15, 0.2) is 0 Å². The van der Waals surface area contributed by atoms with E-state index < -0.39 is 15.6 Å². The lowest BCUT2D eigenvalue weighted by Crippen LogP contribution is -2.38. The van der Waals surface area contributed by atoms with Crippen molar-refractivity contribution in [1.82, 2.24) is 0 Å². The first-order chi connectivity index (χ1) is 11.4. The maximum absolute atomic E-state index is 11.0. The molecule has 0 atom stereocenters. The maximum atomic E-state index is 11.0. The topological polar surface area (TPSA) is 134 Å². The zero-order valence-electron chi connectivity index (χ0n) is 14.8. The molecule has 4 N–H and O–H groups in total. The molecule has 0 aliphatic heterocycles. The molecule has 10 heteroatoms. The van der Waals surface area contributed by atoms with Crippen molar-refractivity contribution < 1.29 is 37.8 Å². The van der Waals surface area contributed by atoms with Crippen LogP contribution in [0.25, 0.3) is 0 Å². The Balaban J connectivity index is 1.84. The van der Waals surface area contributed by atoms with Crippen molar-refractivity contribution in [2.24, 2.45) is 17.3 Å². The summed E-state index contributed by atoms with van der Waals surface area (Å²) in [6.45, 7) is 4.47. The van der Waals surface area contributed by atoms with E-state index in [0.717, 1.165) is 25.7 Å². The van der Waals surface area contributed by atoms with Crippen LogP contribution in [0.4, 0.5) is 0 Å². The highest BCUT2D eigenvalue weighted by Crippen LogP contribution is 2.51. The third-order valence-corrected chi connectivity index (χ3v) is 7.17. The first-order valence-electron chi connectivity index (χ1n) is 8.85. The highest BCUT2D eigenvalue weighted by molar-refractivity contribution is 7.46. The molecule has 0 aromatic heterocycles. The van der Waals surface area contributed by atoms with Gasteiger partial charge in [-0.05, 0) is 68.6 Å². The second-order valence-electron chi connectivity index (χ2n) is 7.96. The number of rotatable bonds is 6. The second kappa shape index (κ2) is 8.07. The van der Waals surface area contributed by atoms with Crippen LogP contribution in [0.1, 0.15) is 65.2 Å². The molecule has 0 aromatic carbocycles. The average Bonchev–Trinajstić information content (AvgIpc) is 2.45. The monoisotopic (exact) mass is 400 g/mol. The van der Waals surface area contributed by atoms with Gasteiger partial charge < -0.3 is 19.6 Å². The minimum absolute atomic E-state index is 0.0696. The average molecular weight is 400 g/mol. The lowest BCUT2D eigenvalue weighted by molar-refractivity contribution is 0.00216. The molecule has 148 valence electrons. The van der Waals surface area contributed by atoms with Crippen LogP contribution >= 0.6 is 15.6 Å². The number of phosphoric acid groups is 2. The Labute approximate surface area is 148 Å². The summed E-state index contributed by atoms with van der Waals surface area (Å²) in [5.74, 6) is 0.904. The standard InChI is InChI=1S/C15H30O8P2/c1-15(2,11-3-7-13(8-4-11)22-24(16,17)18)12-5-9-14(10-6-12)23-25(19,20)21/h11-14H,3-10H2,1-2H3,(H2,16,17,18)(H2,19,20,21). The highest BCUT2D eigenvalue weighted by Gasteiger charge is 2.42. The van der Waals surface area contributed by atoms with Crippen LogP contribution in [0.5, 0.6) is 0 Å². The van der Waals surface area contributed by atoms with Gasteiger partial charge in [0.25, 0.3) is 0 Å². The molecule has 2 fully saturated rings. The van der Waals surface area contributed by atoms with E-state index in [0.29, 0.717) is 37.5 Å². The molecule has 2 aliphatic rings. The predicted molar refractivity (Wildman–Crippen MR) is 91.5 cm³/mol. The quantitative estimate of drug-likeness (QED) is 0.499. The maximum Gasteiger partial charge on any atom is 0.469 e. The molecule has 0 saturated heterocycles. The van der Waals surface area contributed by atoms with E-state index in [4.69, 9.17) is 28.6 Å². The van der Waals surface area contributed by atoms with E-state index >= 15 is 0 Å². The Bertz CT molecular complexity index is 478. The number of hydrogen-bond donors (Lipinski definition) is 4. The molecule has 2 aliphatic carbocycles. The SMILES string of the molecule is CC(C)(C1CCC(OP(=O)(O)O)CC1)C1CCC(OP(=O)(O)O)CC1. The van der Waals surface area contributed by atoms with Gasteiger partial charge in [-0.15, -0.1) is 0 Å². The van der Waals surface area contributed by atoms with Gasteiger partial charge in [-0.25, -0.2) is 9.13 Å². The summed E-state index contributed by atoms with van der Waals surface area (Å²) >= 11 is 0. The van der Waals surface area contributed by atoms with Gasteiger partial charge >= 0.3 is 15.6 Å². The van der Waals surface area contributed by atoms with Gasteiger partial charge in [-0.3, -0.25) is 9.05 Å². The van der Waals surface area contributed by atoms with Gasteiger partial charge in [0.1, 0.15) is 0 Å². The molecule has 0 bridgehead atoms. The Morgan fingerprint density at radius 2 is 0.960 bits per heavy atom. The van der Waals surface area contributed by atoms with Crippen LogP contribution in [0, 0.1) is 17.3 Å². The number of phosphoric ester groups is 2. The Morgan fingerprint density at radius 3 is 1.20 bits per heavy atom. The molecule has 0 heterocycles. The summed E-state index contributed by atoms with van der Waals surface area (Å²) in [6, 6.07) is 0. The summed E-state index contributed by atoms with van der Waals surface area (Å²) < 4.78 is 31.6. The van der Waals surface area contributed by atoms with Crippen molar-refractivity contribution >= 4 is 15.6 Å². The summed E-state index contributed by atoms with van der Waals surface area (Å²) in [5.41, 5.74) is 0.0696. The molecule has 0 radical (unpaired) electrons. The molecule has 2 saturated carbocycles. The fourth-order valence-electron chi connectivity index (χ4n) is 4.55. The van der Waals surface area contributed by atoms with Crippen LogP contribution < -0.4 is 0 Å². The summed E-state index contributed by atoms with van der Waals surface area (Å²) in [4.78, 5) is 35.7. The lowest BCUT2D eigenvalue weighted by Gasteiger charge is -2.46. The Hall–Kier alpha value is 0.220. The van der Waals surface area contributed by atoms with Crippen molar-refractivity contribution in [2.75, 3.05) is 0 Å². The molecule has 0 aromatic rings. The molecule has 2 rings (SSSR count). The van der Waals surface area contributed by atoms with Gasteiger partial charge in [0.15, 0.2) is 0 Å². The molecule has 8 nitrogen and oxygen atoms in total. The zero-order chi connectivity index (χ0) is 18.9. The molecule has 0 unspecified atom stereocenters. The van der Waals surface area contributed by atoms with Gasteiger partial charge in [-0.1, -0.05) is 13.8 Å². The third kappa shape index (κ3) is 6.71. The first-order valence-corrected chi connectivity index (χ1v) is 11.9. The van der Waals surface area contributed by atoms with E-state index in [1.807, 2.05) is 0 Å². The van der Waals surface area contributed by atoms with Gasteiger partial charge in [0, 0.05) is 0 Å². The minimum atomic E-state index is -4.42. The zero-order valence-corrected chi connectivity index (χ0v) is 16.6. The van der Waals surface area contributed by atoms with Crippen LogP contribution in [0.3, 0.4) is 0 Å². The smallest absolute Gasteiger partial charge is 0.303 e. The first kappa shape index (κ1) is 21.5. The second-order valence-corrected chi connectivity index (χ2v) is 10.3. The van der Waals surface area contributed by atoms with Crippen LogP contribution in [-0.2, 0) is 18.2 Å². The Kier molecular flexibility index (Phi) is 6.95. The minimum Gasteiger partial charge on any atom is -0.303 e. The van der Waals surface area contributed by atoms with E-state index in [2.05, 4.69) is 13.8 Å². The van der Waals surface area contributed by atoms with Gasteiger partial charge in [0.2, 0.25) is 0 Å². The van der Waals surface area contributed by atoms with Crippen molar-refractivity contribution in [3.8, 4) is 0 Å².